The average molecular weight is 412 g/mol. The van der Waals surface area contributed by atoms with Crippen LogP contribution in [0.4, 0.5) is 9.18 Å². The predicted molar refractivity (Wildman–Crippen MR) is 100.0 cm³/mol. The molecule has 2 atom stereocenters. The quantitative estimate of drug-likeness (QED) is 0.385. The van der Waals surface area contributed by atoms with Crippen molar-refractivity contribution in [2.45, 2.75) is 51.2 Å². The van der Waals surface area contributed by atoms with Crippen molar-refractivity contribution < 1.29 is 38.5 Å². The van der Waals surface area contributed by atoms with Crippen LogP contribution in [-0.4, -0.2) is 52.8 Å². The highest BCUT2D eigenvalue weighted by Crippen LogP contribution is 2.08. The number of aliphatic carboxylic acids is 2. The second kappa shape index (κ2) is 12.3. The topological polar surface area (TPSA) is 142 Å². The van der Waals surface area contributed by atoms with E-state index in [4.69, 9.17) is 14.9 Å². The van der Waals surface area contributed by atoms with Crippen LogP contribution in [0.1, 0.15) is 49.4 Å². The molecule has 0 aromatic heterocycles. The Labute approximate surface area is 167 Å². The first-order chi connectivity index (χ1) is 13.7. The van der Waals surface area contributed by atoms with Gasteiger partial charge in [0, 0.05) is 12.1 Å². The van der Waals surface area contributed by atoms with E-state index >= 15 is 0 Å². The molecule has 0 saturated heterocycles. The van der Waals surface area contributed by atoms with Crippen LogP contribution in [0.5, 0.6) is 0 Å². The summed E-state index contributed by atoms with van der Waals surface area (Å²) < 4.78 is 17.6. The fraction of sp³-hybridized carbons (Fsp3) is 0.474. The lowest BCUT2D eigenvalue weighted by molar-refractivity contribution is -0.147. The predicted octanol–water partition coefficient (Wildman–Crippen LogP) is 2.16. The van der Waals surface area contributed by atoms with Gasteiger partial charge in [0.05, 0.1) is 0 Å². The Morgan fingerprint density at radius 1 is 1.03 bits per heavy atom. The molecule has 0 saturated carbocycles. The first-order valence-electron chi connectivity index (χ1n) is 9.21. The summed E-state index contributed by atoms with van der Waals surface area (Å²) in [7, 11) is 0. The fourth-order valence-electron chi connectivity index (χ4n) is 2.44. The van der Waals surface area contributed by atoms with Gasteiger partial charge >= 0.3 is 18.0 Å². The molecule has 2 amide bonds. The second-order valence-electron chi connectivity index (χ2n) is 6.31. The molecule has 4 N–H and O–H groups in total. The highest BCUT2D eigenvalue weighted by atomic mass is 19.1. The van der Waals surface area contributed by atoms with Gasteiger partial charge in [-0.3, -0.25) is 4.79 Å². The monoisotopic (exact) mass is 412 g/mol. The fourth-order valence-corrected chi connectivity index (χ4v) is 2.44. The average Bonchev–Trinajstić information content (AvgIpc) is 2.66. The SMILES string of the molecule is CCC[C@H](NC(=O)O[C@@H](CCCCNC(=O)c1ccc(F)cc1)C(=O)O)C(=O)O. The molecule has 1 rings (SSSR count). The third-order valence-corrected chi connectivity index (χ3v) is 3.98. The number of carbonyl (C=O) groups excluding carboxylic acids is 2. The minimum absolute atomic E-state index is 0.000682. The Morgan fingerprint density at radius 3 is 2.24 bits per heavy atom. The van der Waals surface area contributed by atoms with Crippen LogP contribution in [0.2, 0.25) is 0 Å². The number of amides is 2. The van der Waals surface area contributed by atoms with Gasteiger partial charge in [-0.25, -0.2) is 18.8 Å². The maximum Gasteiger partial charge on any atom is 0.408 e. The van der Waals surface area contributed by atoms with Crippen LogP contribution in [-0.2, 0) is 14.3 Å². The smallest absolute Gasteiger partial charge is 0.408 e. The van der Waals surface area contributed by atoms with E-state index in [1.165, 1.54) is 24.3 Å². The molecule has 0 aliphatic carbocycles. The molecule has 29 heavy (non-hydrogen) atoms. The van der Waals surface area contributed by atoms with Crippen molar-refractivity contribution in [1.29, 1.82) is 0 Å². The summed E-state index contributed by atoms with van der Waals surface area (Å²) in [5.41, 5.74) is 0.301. The first kappa shape index (κ1) is 23.9. The minimum Gasteiger partial charge on any atom is -0.480 e. The number of hydrogen-bond acceptors (Lipinski definition) is 5. The van der Waals surface area contributed by atoms with Crippen molar-refractivity contribution >= 4 is 23.9 Å². The highest BCUT2D eigenvalue weighted by Gasteiger charge is 2.25. The number of carbonyl (C=O) groups is 4. The van der Waals surface area contributed by atoms with Gasteiger partial charge in [0.15, 0.2) is 0 Å². The van der Waals surface area contributed by atoms with Crippen molar-refractivity contribution in [1.82, 2.24) is 10.6 Å². The number of halogens is 1. The summed E-state index contributed by atoms with van der Waals surface area (Å²) in [4.78, 5) is 45.9. The number of ether oxygens (including phenoxy) is 1. The Bertz CT molecular complexity index is 709. The number of rotatable bonds is 12. The summed E-state index contributed by atoms with van der Waals surface area (Å²) in [6.07, 6.45) is -1.07. The van der Waals surface area contributed by atoms with Crippen molar-refractivity contribution in [3.05, 3.63) is 35.6 Å². The van der Waals surface area contributed by atoms with E-state index in [1.54, 1.807) is 6.92 Å². The van der Waals surface area contributed by atoms with E-state index in [2.05, 4.69) is 10.6 Å². The van der Waals surface area contributed by atoms with Crippen molar-refractivity contribution in [3.8, 4) is 0 Å². The molecule has 10 heteroatoms. The van der Waals surface area contributed by atoms with E-state index < -0.39 is 36.0 Å². The van der Waals surface area contributed by atoms with Crippen LogP contribution in [0.3, 0.4) is 0 Å². The largest absolute Gasteiger partial charge is 0.480 e. The third kappa shape index (κ3) is 9.04. The summed E-state index contributed by atoms with van der Waals surface area (Å²) >= 11 is 0. The molecule has 0 unspecified atom stereocenters. The van der Waals surface area contributed by atoms with E-state index in [-0.39, 0.29) is 25.3 Å². The normalized spacial score (nSPS) is 12.5. The van der Waals surface area contributed by atoms with Gasteiger partial charge in [0.25, 0.3) is 5.91 Å². The molecule has 0 bridgehead atoms. The van der Waals surface area contributed by atoms with Crippen LogP contribution < -0.4 is 10.6 Å². The van der Waals surface area contributed by atoms with Gasteiger partial charge in [-0.2, -0.15) is 0 Å². The lowest BCUT2D eigenvalue weighted by Gasteiger charge is -2.17. The van der Waals surface area contributed by atoms with Crippen LogP contribution >= 0.6 is 0 Å². The standard InChI is InChI=1S/C19H25FN2O7/c1-2-5-14(17(24)25)22-19(28)29-15(18(26)27)6-3-4-11-21-16(23)12-7-9-13(20)10-8-12/h7-10,14-15H,2-6,11H2,1H3,(H,21,23)(H,22,28)(H,24,25)(H,26,27)/t14-,15-/m0/s1. The van der Waals surface area contributed by atoms with Crippen molar-refractivity contribution in [3.63, 3.8) is 0 Å². The number of hydrogen-bond donors (Lipinski definition) is 4. The lowest BCUT2D eigenvalue weighted by Crippen LogP contribution is -2.43. The van der Waals surface area contributed by atoms with Crippen molar-refractivity contribution in [2.24, 2.45) is 0 Å². The molecular weight excluding hydrogens is 387 g/mol. The van der Waals surface area contributed by atoms with E-state index in [1.807, 2.05) is 0 Å². The molecular formula is C19H25FN2O7. The number of carboxylic acid groups (broad SMARTS) is 2. The van der Waals surface area contributed by atoms with Gasteiger partial charge in [0.1, 0.15) is 11.9 Å². The second-order valence-corrected chi connectivity index (χ2v) is 6.31. The Morgan fingerprint density at radius 2 is 1.69 bits per heavy atom. The van der Waals surface area contributed by atoms with E-state index in [0.29, 0.717) is 24.8 Å². The molecule has 0 aliphatic heterocycles. The molecule has 0 aliphatic rings. The van der Waals surface area contributed by atoms with Crippen LogP contribution in [0, 0.1) is 5.82 Å². The number of benzene rings is 1. The molecule has 0 spiro atoms. The molecule has 1 aromatic rings. The van der Waals surface area contributed by atoms with Gasteiger partial charge in [-0.05, 0) is 49.9 Å². The van der Waals surface area contributed by atoms with Gasteiger partial charge < -0.3 is 25.6 Å². The Balaban J connectivity index is 2.37. The van der Waals surface area contributed by atoms with Crippen LogP contribution in [0.15, 0.2) is 24.3 Å². The first-order valence-corrected chi connectivity index (χ1v) is 9.21. The molecule has 0 radical (unpaired) electrons. The number of unbranched alkanes of at least 4 members (excludes halogenated alkanes) is 1. The molecule has 0 heterocycles. The van der Waals surface area contributed by atoms with E-state index in [9.17, 15) is 23.6 Å². The van der Waals surface area contributed by atoms with Gasteiger partial charge in [0.2, 0.25) is 6.10 Å². The zero-order valence-electron chi connectivity index (χ0n) is 16.0. The number of alkyl carbamates (subject to hydrolysis) is 1. The Hall–Kier alpha value is -3.17. The summed E-state index contributed by atoms with van der Waals surface area (Å²) in [5.74, 6) is -3.41. The third-order valence-electron chi connectivity index (χ3n) is 3.98. The number of carboxylic acids is 2. The van der Waals surface area contributed by atoms with Gasteiger partial charge in [-0.1, -0.05) is 13.3 Å². The summed E-state index contributed by atoms with van der Waals surface area (Å²) in [6, 6.07) is 3.89. The van der Waals surface area contributed by atoms with Crippen molar-refractivity contribution in [2.75, 3.05) is 6.54 Å². The molecule has 160 valence electrons. The zero-order valence-corrected chi connectivity index (χ0v) is 16.0. The van der Waals surface area contributed by atoms with Gasteiger partial charge in [-0.15, -0.1) is 0 Å². The van der Waals surface area contributed by atoms with Crippen LogP contribution in [0.25, 0.3) is 0 Å². The lowest BCUT2D eigenvalue weighted by atomic mass is 10.1. The zero-order chi connectivity index (χ0) is 21.8. The van der Waals surface area contributed by atoms with E-state index in [0.717, 1.165) is 0 Å². The Kier molecular flexibility index (Phi) is 10.1. The minimum atomic E-state index is -1.43. The molecule has 1 aromatic carbocycles. The molecule has 9 nitrogen and oxygen atoms in total. The summed E-state index contributed by atoms with van der Waals surface area (Å²) in [6.45, 7) is 2.00. The highest BCUT2D eigenvalue weighted by molar-refractivity contribution is 5.94. The summed E-state index contributed by atoms with van der Waals surface area (Å²) in [5, 5.41) is 22.9. The number of nitrogens with one attached hydrogen (secondary N) is 2. The maximum absolute atomic E-state index is 12.8. The maximum atomic E-state index is 12.8. The molecule has 0 fully saturated rings.